The third-order valence-corrected chi connectivity index (χ3v) is 8.45. The van der Waals surface area contributed by atoms with E-state index in [1.54, 1.807) is 36.4 Å². The summed E-state index contributed by atoms with van der Waals surface area (Å²) in [5.74, 6) is -0.283. The molecule has 0 unspecified atom stereocenters. The van der Waals surface area contributed by atoms with E-state index in [-0.39, 0.29) is 23.0 Å². The summed E-state index contributed by atoms with van der Waals surface area (Å²) in [5, 5.41) is 3.31. The zero-order valence-electron chi connectivity index (χ0n) is 23.3. The van der Waals surface area contributed by atoms with Crippen LogP contribution in [0, 0.1) is 6.92 Å². The number of ether oxygens (including phenoxy) is 1. The molecule has 2 amide bonds. The molecule has 40 heavy (non-hydrogen) atoms. The molecule has 3 aromatic carbocycles. The highest BCUT2D eigenvalue weighted by Gasteiger charge is 2.33. The lowest BCUT2D eigenvalue weighted by molar-refractivity contribution is -0.140. The first-order valence-electron chi connectivity index (χ1n) is 13.2. The van der Waals surface area contributed by atoms with E-state index in [1.165, 1.54) is 24.1 Å². The van der Waals surface area contributed by atoms with Crippen molar-refractivity contribution in [3.8, 4) is 5.75 Å². The van der Waals surface area contributed by atoms with Crippen molar-refractivity contribution in [2.75, 3.05) is 24.5 Å². The number of hydrogen-bond donors (Lipinski definition) is 1. The molecular weight excluding hydrogens is 550 g/mol. The molecule has 1 atom stereocenters. The van der Waals surface area contributed by atoms with Crippen LogP contribution in [-0.2, 0) is 26.2 Å². The SMILES string of the molecule is CCCNC(=O)[C@H](CC)N(Cc1cccc(C)c1)C(=O)CN(c1ccc(Cl)cc1)S(=O)(=O)c1ccc(OC)cc1. The van der Waals surface area contributed by atoms with Gasteiger partial charge in [-0.15, -0.1) is 0 Å². The predicted molar refractivity (Wildman–Crippen MR) is 158 cm³/mol. The van der Waals surface area contributed by atoms with Gasteiger partial charge in [-0.3, -0.25) is 13.9 Å². The second-order valence-corrected chi connectivity index (χ2v) is 11.7. The van der Waals surface area contributed by atoms with E-state index in [0.29, 0.717) is 23.7 Å². The first kappa shape index (κ1) is 31.0. The number of carbonyl (C=O) groups excluding carboxylic acids is 2. The molecule has 0 fully saturated rings. The van der Waals surface area contributed by atoms with Crippen LogP contribution < -0.4 is 14.4 Å². The molecule has 3 aromatic rings. The lowest BCUT2D eigenvalue weighted by Gasteiger charge is -2.33. The van der Waals surface area contributed by atoms with E-state index < -0.39 is 28.5 Å². The second kappa shape index (κ2) is 14.2. The minimum Gasteiger partial charge on any atom is -0.497 e. The maximum absolute atomic E-state index is 14.0. The maximum Gasteiger partial charge on any atom is 0.264 e. The van der Waals surface area contributed by atoms with Crippen molar-refractivity contribution in [3.05, 3.63) is 88.9 Å². The second-order valence-electron chi connectivity index (χ2n) is 9.39. The molecular formula is C30H36ClN3O5S. The Bertz CT molecular complexity index is 1400. The van der Waals surface area contributed by atoms with Gasteiger partial charge in [-0.25, -0.2) is 8.42 Å². The number of nitrogens with one attached hydrogen (secondary N) is 1. The van der Waals surface area contributed by atoms with Gasteiger partial charge >= 0.3 is 0 Å². The molecule has 10 heteroatoms. The fraction of sp³-hybridized carbons (Fsp3) is 0.333. The molecule has 8 nitrogen and oxygen atoms in total. The largest absolute Gasteiger partial charge is 0.497 e. The number of methoxy groups -OCH3 is 1. The molecule has 0 radical (unpaired) electrons. The van der Waals surface area contributed by atoms with Crippen molar-refractivity contribution in [1.82, 2.24) is 10.2 Å². The van der Waals surface area contributed by atoms with Crippen LogP contribution in [-0.4, -0.2) is 51.4 Å². The van der Waals surface area contributed by atoms with Crippen LogP contribution >= 0.6 is 11.6 Å². The average molecular weight is 586 g/mol. The lowest BCUT2D eigenvalue weighted by atomic mass is 10.1. The van der Waals surface area contributed by atoms with Crippen molar-refractivity contribution in [1.29, 1.82) is 0 Å². The maximum atomic E-state index is 14.0. The summed E-state index contributed by atoms with van der Waals surface area (Å²) in [7, 11) is -2.69. The molecule has 0 bridgehead atoms. The van der Waals surface area contributed by atoms with Crippen LogP contribution in [0.1, 0.15) is 37.8 Å². The molecule has 0 spiro atoms. The number of benzene rings is 3. The standard InChI is InChI=1S/C30H36ClN3O5S/c1-5-18-32-30(36)28(6-2)33(20-23-9-7-8-22(3)19-23)29(35)21-34(25-12-10-24(31)11-13-25)40(37,38)27-16-14-26(39-4)15-17-27/h7-17,19,28H,5-6,18,20-21H2,1-4H3,(H,32,36)/t28-/m0/s1. The number of hydrogen-bond acceptors (Lipinski definition) is 5. The van der Waals surface area contributed by atoms with Crippen LogP contribution in [0.25, 0.3) is 0 Å². The van der Waals surface area contributed by atoms with Gasteiger partial charge in [0.1, 0.15) is 18.3 Å². The predicted octanol–water partition coefficient (Wildman–Crippen LogP) is 5.19. The molecule has 214 valence electrons. The molecule has 0 saturated carbocycles. The van der Waals surface area contributed by atoms with Crippen LogP contribution in [0.15, 0.2) is 77.7 Å². The van der Waals surface area contributed by atoms with E-state index in [2.05, 4.69) is 5.32 Å². The molecule has 0 aliphatic carbocycles. The summed E-state index contributed by atoms with van der Waals surface area (Å²) in [6.07, 6.45) is 1.11. The molecule has 1 N–H and O–H groups in total. The van der Waals surface area contributed by atoms with E-state index in [9.17, 15) is 18.0 Å². The lowest BCUT2D eigenvalue weighted by Crippen LogP contribution is -2.52. The van der Waals surface area contributed by atoms with Gasteiger partial charge in [-0.2, -0.15) is 0 Å². The molecule has 0 aliphatic heterocycles. The number of sulfonamides is 1. The number of rotatable bonds is 13. The number of halogens is 1. The zero-order chi connectivity index (χ0) is 29.3. The Labute approximate surface area is 241 Å². The highest BCUT2D eigenvalue weighted by atomic mass is 35.5. The molecule has 0 aromatic heterocycles. The van der Waals surface area contributed by atoms with Gasteiger partial charge in [-0.1, -0.05) is 55.3 Å². The topological polar surface area (TPSA) is 96.0 Å². The molecule has 0 saturated heterocycles. The van der Waals surface area contributed by atoms with E-state index >= 15 is 0 Å². The summed E-state index contributed by atoms with van der Waals surface area (Å²) in [5.41, 5.74) is 2.12. The van der Waals surface area contributed by atoms with Crippen LogP contribution in [0.5, 0.6) is 5.75 Å². The summed E-state index contributed by atoms with van der Waals surface area (Å²) >= 11 is 6.08. The van der Waals surface area contributed by atoms with Gasteiger partial charge in [-0.05, 0) is 73.9 Å². The monoisotopic (exact) mass is 585 g/mol. The van der Waals surface area contributed by atoms with Crippen molar-refractivity contribution in [3.63, 3.8) is 0 Å². The first-order valence-corrected chi connectivity index (χ1v) is 15.0. The number of carbonyl (C=O) groups is 2. The Morgan fingerprint density at radius 1 is 1.00 bits per heavy atom. The van der Waals surface area contributed by atoms with Crippen LogP contribution in [0.4, 0.5) is 5.69 Å². The van der Waals surface area contributed by atoms with Gasteiger partial charge in [0.2, 0.25) is 11.8 Å². The normalized spacial score (nSPS) is 11.9. The van der Waals surface area contributed by atoms with Gasteiger partial charge in [0.05, 0.1) is 17.7 Å². The number of nitrogens with zero attached hydrogens (tertiary/aromatic N) is 2. The van der Waals surface area contributed by atoms with Gasteiger partial charge < -0.3 is 15.0 Å². The Hall–Kier alpha value is -3.56. The molecule has 0 heterocycles. The van der Waals surface area contributed by atoms with Crippen LogP contribution in [0.2, 0.25) is 5.02 Å². The van der Waals surface area contributed by atoms with Gasteiger partial charge in [0.25, 0.3) is 10.0 Å². The van der Waals surface area contributed by atoms with Crippen molar-refractivity contribution >= 4 is 39.1 Å². The Morgan fingerprint density at radius 2 is 1.68 bits per heavy atom. The molecule has 3 rings (SSSR count). The van der Waals surface area contributed by atoms with Gasteiger partial charge in [0, 0.05) is 18.1 Å². The highest BCUT2D eigenvalue weighted by Crippen LogP contribution is 2.27. The quantitative estimate of drug-likeness (QED) is 0.298. The van der Waals surface area contributed by atoms with E-state index in [4.69, 9.17) is 16.3 Å². The fourth-order valence-electron chi connectivity index (χ4n) is 4.30. The number of amides is 2. The molecule has 0 aliphatic rings. The number of aryl methyl sites for hydroxylation is 1. The summed E-state index contributed by atoms with van der Waals surface area (Å²) in [6.45, 7) is 5.84. The summed E-state index contributed by atoms with van der Waals surface area (Å²) in [6, 6.07) is 19.1. The van der Waals surface area contributed by atoms with E-state index in [1.807, 2.05) is 45.0 Å². The Morgan fingerprint density at radius 3 is 2.25 bits per heavy atom. The fourth-order valence-corrected chi connectivity index (χ4v) is 5.84. The average Bonchev–Trinajstić information content (AvgIpc) is 2.95. The van der Waals surface area contributed by atoms with Crippen molar-refractivity contribution in [2.24, 2.45) is 0 Å². The first-order chi connectivity index (χ1) is 19.1. The smallest absolute Gasteiger partial charge is 0.264 e. The van der Waals surface area contributed by atoms with Crippen LogP contribution in [0.3, 0.4) is 0 Å². The third kappa shape index (κ3) is 7.76. The third-order valence-electron chi connectivity index (χ3n) is 6.41. The van der Waals surface area contributed by atoms with Gasteiger partial charge in [0.15, 0.2) is 0 Å². The van der Waals surface area contributed by atoms with Crippen molar-refractivity contribution in [2.45, 2.75) is 51.1 Å². The summed E-state index contributed by atoms with van der Waals surface area (Å²) in [4.78, 5) is 28.6. The minimum absolute atomic E-state index is 0.00554. The van der Waals surface area contributed by atoms with E-state index in [0.717, 1.165) is 21.9 Å². The summed E-state index contributed by atoms with van der Waals surface area (Å²) < 4.78 is 34.0. The zero-order valence-corrected chi connectivity index (χ0v) is 24.8. The van der Waals surface area contributed by atoms with Crippen molar-refractivity contribution < 1.29 is 22.7 Å². The Kier molecular flexibility index (Phi) is 11.0. The number of anilines is 1. The Balaban J connectivity index is 2.04. The minimum atomic E-state index is -4.18. The highest BCUT2D eigenvalue weighted by molar-refractivity contribution is 7.92.